The molecule has 0 atom stereocenters. The van der Waals surface area contributed by atoms with E-state index in [0.29, 0.717) is 4.68 Å². The van der Waals surface area contributed by atoms with Crippen LogP contribution in [0.3, 0.4) is 0 Å². The van der Waals surface area contributed by atoms with Crippen LogP contribution in [0, 0.1) is 0 Å². The Hall–Kier alpha value is -2.45. The van der Waals surface area contributed by atoms with Gasteiger partial charge in [-0.25, -0.2) is 0 Å². The number of carbonyl (C=O) groups excluding carboxylic acids is 1. The third-order valence-corrected chi connectivity index (χ3v) is 2.07. The number of carbonyl (C=O) groups is 1. The van der Waals surface area contributed by atoms with Crippen LogP contribution >= 0.6 is 0 Å². The number of rotatable bonds is 2. The largest absolute Gasteiger partial charge is 0.453 e. The number of halogens is 3. The first-order chi connectivity index (χ1) is 8.88. The number of hydrogen-bond donors (Lipinski definition) is 0. The summed E-state index contributed by atoms with van der Waals surface area (Å²) in [5.41, 5.74) is 0.105. The maximum Gasteiger partial charge on any atom is 0.453 e. The summed E-state index contributed by atoms with van der Waals surface area (Å²) in [6, 6.07) is 5.31. The topological polar surface area (TPSA) is 69.9 Å². The highest BCUT2D eigenvalue weighted by Gasteiger charge is 2.38. The van der Waals surface area contributed by atoms with E-state index in [1.807, 2.05) is 0 Å². The van der Waals surface area contributed by atoms with Gasteiger partial charge in [0.15, 0.2) is 0 Å². The fourth-order valence-electron chi connectivity index (χ4n) is 1.36. The van der Waals surface area contributed by atoms with Crippen molar-refractivity contribution in [3.8, 4) is 11.4 Å². The minimum absolute atomic E-state index is 0.105. The zero-order valence-corrected chi connectivity index (χ0v) is 9.55. The lowest BCUT2D eigenvalue weighted by atomic mass is 10.3. The average molecular weight is 272 g/mol. The predicted molar refractivity (Wildman–Crippen MR) is 55.5 cm³/mol. The van der Waals surface area contributed by atoms with Crippen LogP contribution in [0.1, 0.15) is 12.7 Å². The second kappa shape index (κ2) is 4.67. The third-order valence-electron chi connectivity index (χ3n) is 2.07. The second-order valence-electron chi connectivity index (χ2n) is 3.50. The highest BCUT2D eigenvalue weighted by atomic mass is 19.4. The van der Waals surface area contributed by atoms with E-state index in [9.17, 15) is 18.0 Å². The summed E-state index contributed by atoms with van der Waals surface area (Å²) in [4.78, 5) is 10.7. The summed E-state index contributed by atoms with van der Waals surface area (Å²) in [5, 5.41) is 9.19. The first kappa shape index (κ1) is 13.0. The summed E-state index contributed by atoms with van der Waals surface area (Å²) in [6.07, 6.45) is -4.65. The molecule has 9 heteroatoms. The van der Waals surface area contributed by atoms with Crippen LogP contribution in [0.4, 0.5) is 13.2 Å². The quantitative estimate of drug-likeness (QED) is 0.613. The Morgan fingerprint density at radius 3 is 2.42 bits per heavy atom. The molecule has 0 radical (unpaired) electrons. The van der Waals surface area contributed by atoms with Crippen LogP contribution in [0.2, 0.25) is 0 Å². The Bertz CT molecular complexity index is 592. The van der Waals surface area contributed by atoms with E-state index < -0.39 is 18.0 Å². The molecule has 0 saturated heterocycles. The maximum atomic E-state index is 12.6. The van der Waals surface area contributed by atoms with E-state index >= 15 is 0 Å². The number of benzene rings is 1. The molecule has 100 valence electrons. The van der Waals surface area contributed by atoms with Gasteiger partial charge in [0, 0.05) is 6.92 Å². The van der Waals surface area contributed by atoms with Crippen molar-refractivity contribution >= 4 is 5.97 Å². The molecule has 1 aromatic heterocycles. The number of esters is 1. The summed E-state index contributed by atoms with van der Waals surface area (Å²) >= 11 is 0. The van der Waals surface area contributed by atoms with Gasteiger partial charge < -0.3 is 4.74 Å². The smallest absolute Gasteiger partial charge is 0.427 e. The number of ether oxygens (including phenoxy) is 1. The van der Waals surface area contributed by atoms with Gasteiger partial charge in [-0.1, -0.05) is 0 Å². The lowest BCUT2D eigenvalue weighted by Crippen LogP contribution is -2.14. The minimum atomic E-state index is -4.65. The van der Waals surface area contributed by atoms with Gasteiger partial charge in [0.2, 0.25) is 0 Å². The monoisotopic (exact) mass is 272 g/mol. The Morgan fingerprint density at radius 1 is 1.26 bits per heavy atom. The van der Waals surface area contributed by atoms with Crippen molar-refractivity contribution in [2.75, 3.05) is 0 Å². The molecule has 0 spiro atoms. The molecule has 1 aromatic carbocycles. The molecule has 19 heavy (non-hydrogen) atoms. The van der Waals surface area contributed by atoms with Crippen molar-refractivity contribution in [3.05, 3.63) is 30.1 Å². The Labute approximate surface area is 104 Å². The van der Waals surface area contributed by atoms with Crippen molar-refractivity contribution in [1.82, 2.24) is 20.2 Å². The summed E-state index contributed by atoms with van der Waals surface area (Å²) in [6.45, 7) is 1.22. The molecule has 2 rings (SSSR count). The lowest BCUT2D eigenvalue weighted by molar-refractivity contribution is -0.146. The maximum absolute atomic E-state index is 12.6. The highest BCUT2D eigenvalue weighted by Crippen LogP contribution is 2.28. The van der Waals surface area contributed by atoms with Gasteiger partial charge in [0.25, 0.3) is 5.82 Å². The first-order valence-electron chi connectivity index (χ1n) is 5.02. The summed E-state index contributed by atoms with van der Waals surface area (Å²) in [5.74, 6) is -1.53. The molecule has 0 saturated carbocycles. The zero-order chi connectivity index (χ0) is 14.0. The zero-order valence-electron chi connectivity index (χ0n) is 9.55. The van der Waals surface area contributed by atoms with Gasteiger partial charge in [0.05, 0.1) is 5.69 Å². The number of tetrazole rings is 1. The van der Waals surface area contributed by atoms with Crippen LogP contribution < -0.4 is 4.74 Å². The summed E-state index contributed by atoms with van der Waals surface area (Å²) in [7, 11) is 0. The molecular weight excluding hydrogens is 265 g/mol. The standard InChI is InChI=1S/C10H7F3N4O2/c1-6(18)19-8-4-2-7(3-5-8)17-9(10(11,12)13)14-15-16-17/h2-5H,1H3. The molecule has 0 aliphatic rings. The van der Waals surface area contributed by atoms with Crippen LogP contribution in [-0.2, 0) is 11.0 Å². The molecule has 0 bridgehead atoms. The first-order valence-corrected chi connectivity index (χ1v) is 5.02. The molecule has 0 fully saturated rings. The SMILES string of the molecule is CC(=O)Oc1ccc(-n2nnnc2C(F)(F)F)cc1. The van der Waals surface area contributed by atoms with Crippen molar-refractivity contribution in [1.29, 1.82) is 0 Å². The minimum Gasteiger partial charge on any atom is -0.427 e. The van der Waals surface area contributed by atoms with Gasteiger partial charge in [0.1, 0.15) is 5.75 Å². The summed E-state index contributed by atoms with van der Waals surface area (Å²) < 4.78 is 43.1. The number of alkyl halides is 3. The molecular formula is C10H7F3N4O2. The lowest BCUT2D eigenvalue weighted by Gasteiger charge is -2.07. The van der Waals surface area contributed by atoms with E-state index in [1.165, 1.54) is 31.2 Å². The highest BCUT2D eigenvalue weighted by molar-refractivity contribution is 5.69. The molecule has 0 unspecified atom stereocenters. The number of aromatic nitrogens is 4. The normalized spacial score (nSPS) is 11.4. The van der Waals surface area contributed by atoms with Gasteiger partial charge in [-0.05, 0) is 34.7 Å². The van der Waals surface area contributed by atoms with E-state index in [2.05, 4.69) is 15.5 Å². The fourth-order valence-corrected chi connectivity index (χ4v) is 1.36. The molecule has 0 aliphatic heterocycles. The van der Waals surface area contributed by atoms with Gasteiger partial charge in [-0.3, -0.25) is 4.79 Å². The molecule has 0 amide bonds. The fraction of sp³-hybridized carbons (Fsp3) is 0.200. The molecule has 1 heterocycles. The van der Waals surface area contributed by atoms with Crippen LogP contribution in [0.25, 0.3) is 5.69 Å². The Morgan fingerprint density at radius 2 is 1.89 bits per heavy atom. The average Bonchev–Trinajstić information content (AvgIpc) is 2.77. The van der Waals surface area contributed by atoms with E-state index in [4.69, 9.17) is 4.74 Å². The predicted octanol–water partition coefficient (Wildman–Crippen LogP) is 1.61. The Kier molecular flexibility index (Phi) is 3.19. The molecule has 2 aromatic rings. The van der Waals surface area contributed by atoms with Crippen molar-refractivity contribution in [2.24, 2.45) is 0 Å². The van der Waals surface area contributed by atoms with Gasteiger partial charge in [-0.15, -0.1) is 5.10 Å². The van der Waals surface area contributed by atoms with Gasteiger partial charge in [-0.2, -0.15) is 17.9 Å². The van der Waals surface area contributed by atoms with E-state index in [-0.39, 0.29) is 11.4 Å². The van der Waals surface area contributed by atoms with Crippen LogP contribution in [0.15, 0.2) is 24.3 Å². The number of nitrogens with zero attached hydrogens (tertiary/aromatic N) is 4. The van der Waals surface area contributed by atoms with E-state index in [1.54, 1.807) is 0 Å². The van der Waals surface area contributed by atoms with Crippen molar-refractivity contribution < 1.29 is 22.7 Å². The van der Waals surface area contributed by atoms with Crippen LogP contribution in [-0.4, -0.2) is 26.2 Å². The number of hydrogen-bond acceptors (Lipinski definition) is 5. The van der Waals surface area contributed by atoms with E-state index in [0.717, 1.165) is 0 Å². The van der Waals surface area contributed by atoms with Crippen molar-refractivity contribution in [2.45, 2.75) is 13.1 Å². The third kappa shape index (κ3) is 2.87. The van der Waals surface area contributed by atoms with Gasteiger partial charge >= 0.3 is 12.1 Å². The molecule has 6 nitrogen and oxygen atoms in total. The second-order valence-corrected chi connectivity index (χ2v) is 3.50. The molecule has 0 N–H and O–H groups in total. The molecule has 0 aliphatic carbocycles. The van der Waals surface area contributed by atoms with Crippen molar-refractivity contribution in [3.63, 3.8) is 0 Å². The van der Waals surface area contributed by atoms with Crippen LogP contribution in [0.5, 0.6) is 5.75 Å². The Balaban J connectivity index is 2.33.